The number of hydrogen-bond acceptors (Lipinski definition) is 4. The molecule has 18 heavy (non-hydrogen) atoms. The van der Waals surface area contributed by atoms with E-state index in [0.717, 1.165) is 5.57 Å². The number of ether oxygens (including phenoxy) is 1. The van der Waals surface area contributed by atoms with Gasteiger partial charge in [-0.25, -0.2) is 0 Å². The number of nitro benzene ring substituents is 1. The van der Waals surface area contributed by atoms with E-state index in [2.05, 4.69) is 6.58 Å². The first kappa shape index (κ1) is 14.2. The summed E-state index contributed by atoms with van der Waals surface area (Å²) < 4.78 is 5.50. The number of nitrogens with zero attached hydrogens (tertiary/aromatic N) is 1. The zero-order chi connectivity index (χ0) is 13.7. The third-order valence-corrected chi connectivity index (χ3v) is 2.44. The molecule has 5 nitrogen and oxygen atoms in total. The minimum absolute atomic E-state index is 0.0573. The lowest BCUT2D eigenvalue weighted by atomic mass is 10.1. The van der Waals surface area contributed by atoms with E-state index in [4.69, 9.17) is 4.74 Å². The van der Waals surface area contributed by atoms with Crippen LogP contribution in [-0.4, -0.2) is 16.6 Å². The summed E-state index contributed by atoms with van der Waals surface area (Å²) in [6.45, 7) is 7.64. The summed E-state index contributed by atoms with van der Waals surface area (Å²) in [7, 11) is 0. The quantitative estimate of drug-likeness (QED) is 0.479. The Labute approximate surface area is 106 Å². The molecule has 0 spiro atoms. The standard InChI is InChI=1S/C13H17NO4/c1-9(2)6-7-18-13-5-4-11(14(16)17)8-12(13)10(3)15/h4-5,8,10,15H,1,6-7H2,2-3H3/t10-/m0/s1. The molecule has 0 aliphatic carbocycles. The fourth-order valence-corrected chi connectivity index (χ4v) is 1.44. The van der Waals surface area contributed by atoms with Crippen molar-refractivity contribution >= 4 is 5.69 Å². The predicted molar refractivity (Wildman–Crippen MR) is 68.7 cm³/mol. The van der Waals surface area contributed by atoms with E-state index in [1.807, 2.05) is 6.92 Å². The third kappa shape index (κ3) is 3.85. The first-order valence-electron chi connectivity index (χ1n) is 5.65. The van der Waals surface area contributed by atoms with Gasteiger partial charge >= 0.3 is 0 Å². The van der Waals surface area contributed by atoms with Crippen molar-refractivity contribution in [2.75, 3.05) is 6.61 Å². The molecule has 0 bridgehead atoms. The van der Waals surface area contributed by atoms with Gasteiger partial charge in [0.15, 0.2) is 0 Å². The smallest absolute Gasteiger partial charge is 0.270 e. The van der Waals surface area contributed by atoms with Crippen LogP contribution in [0.3, 0.4) is 0 Å². The number of nitro groups is 1. The van der Waals surface area contributed by atoms with Gasteiger partial charge in [0.2, 0.25) is 0 Å². The molecule has 0 aromatic heterocycles. The maximum absolute atomic E-state index is 10.7. The van der Waals surface area contributed by atoms with Crippen molar-refractivity contribution in [3.05, 3.63) is 46.0 Å². The average Bonchev–Trinajstić information content (AvgIpc) is 2.28. The van der Waals surface area contributed by atoms with Crippen LogP contribution in [0.1, 0.15) is 31.9 Å². The Balaban J connectivity index is 2.90. The highest BCUT2D eigenvalue weighted by molar-refractivity contribution is 5.44. The van der Waals surface area contributed by atoms with Crippen LogP contribution in [0.2, 0.25) is 0 Å². The molecular weight excluding hydrogens is 234 g/mol. The van der Waals surface area contributed by atoms with Crippen LogP contribution in [-0.2, 0) is 0 Å². The van der Waals surface area contributed by atoms with E-state index in [-0.39, 0.29) is 5.69 Å². The summed E-state index contributed by atoms with van der Waals surface area (Å²) in [4.78, 5) is 10.2. The zero-order valence-electron chi connectivity index (χ0n) is 10.5. The van der Waals surface area contributed by atoms with Crippen molar-refractivity contribution in [2.24, 2.45) is 0 Å². The molecule has 0 aliphatic rings. The molecule has 0 amide bonds. The predicted octanol–water partition coefficient (Wildman–Crippen LogP) is 2.99. The molecule has 1 N–H and O–H groups in total. The summed E-state index contributed by atoms with van der Waals surface area (Å²) in [5.74, 6) is 0.469. The normalized spacial score (nSPS) is 11.9. The van der Waals surface area contributed by atoms with Crippen LogP contribution >= 0.6 is 0 Å². The highest BCUT2D eigenvalue weighted by atomic mass is 16.6. The SMILES string of the molecule is C=C(C)CCOc1ccc([N+](=O)[O-])cc1[C@H](C)O. The van der Waals surface area contributed by atoms with E-state index in [1.54, 1.807) is 6.92 Å². The Bertz CT molecular complexity index is 454. The molecule has 0 saturated carbocycles. The second-order valence-electron chi connectivity index (χ2n) is 4.21. The van der Waals surface area contributed by atoms with Crippen molar-refractivity contribution in [1.29, 1.82) is 0 Å². The fourth-order valence-electron chi connectivity index (χ4n) is 1.44. The Morgan fingerprint density at radius 1 is 1.61 bits per heavy atom. The number of aliphatic hydroxyl groups is 1. The summed E-state index contributed by atoms with van der Waals surface area (Å²) in [5.41, 5.74) is 1.36. The van der Waals surface area contributed by atoms with E-state index < -0.39 is 11.0 Å². The highest BCUT2D eigenvalue weighted by Gasteiger charge is 2.15. The lowest BCUT2D eigenvalue weighted by Gasteiger charge is -2.13. The largest absolute Gasteiger partial charge is 0.493 e. The maximum Gasteiger partial charge on any atom is 0.270 e. The van der Waals surface area contributed by atoms with Gasteiger partial charge in [-0.3, -0.25) is 10.1 Å². The van der Waals surface area contributed by atoms with Gasteiger partial charge in [0.1, 0.15) is 5.75 Å². The van der Waals surface area contributed by atoms with Crippen LogP contribution in [0.5, 0.6) is 5.75 Å². The minimum atomic E-state index is -0.815. The lowest BCUT2D eigenvalue weighted by molar-refractivity contribution is -0.385. The first-order chi connectivity index (χ1) is 8.41. The lowest BCUT2D eigenvalue weighted by Crippen LogP contribution is -2.03. The Morgan fingerprint density at radius 2 is 2.28 bits per heavy atom. The van der Waals surface area contributed by atoms with Crippen molar-refractivity contribution in [2.45, 2.75) is 26.4 Å². The molecule has 0 fully saturated rings. The Hall–Kier alpha value is -1.88. The number of non-ortho nitro benzene ring substituents is 1. The Morgan fingerprint density at radius 3 is 2.78 bits per heavy atom. The zero-order valence-corrected chi connectivity index (χ0v) is 10.5. The molecule has 1 rings (SSSR count). The summed E-state index contributed by atoms with van der Waals surface area (Å²) in [6.07, 6.45) is -0.110. The van der Waals surface area contributed by atoms with Gasteiger partial charge in [-0.1, -0.05) is 5.57 Å². The summed E-state index contributed by atoms with van der Waals surface area (Å²) in [6, 6.07) is 4.21. The molecule has 1 atom stereocenters. The van der Waals surface area contributed by atoms with Crippen molar-refractivity contribution in [1.82, 2.24) is 0 Å². The van der Waals surface area contributed by atoms with Gasteiger partial charge < -0.3 is 9.84 Å². The molecule has 1 aromatic carbocycles. The molecule has 0 heterocycles. The number of aliphatic hydroxyl groups excluding tert-OH is 1. The van der Waals surface area contributed by atoms with Crippen LogP contribution in [0.4, 0.5) is 5.69 Å². The van der Waals surface area contributed by atoms with Crippen molar-refractivity contribution in [3.8, 4) is 5.75 Å². The monoisotopic (exact) mass is 251 g/mol. The van der Waals surface area contributed by atoms with Crippen LogP contribution < -0.4 is 4.74 Å². The van der Waals surface area contributed by atoms with Gasteiger partial charge in [-0.15, -0.1) is 6.58 Å². The summed E-state index contributed by atoms with van der Waals surface area (Å²) >= 11 is 0. The average molecular weight is 251 g/mol. The van der Waals surface area contributed by atoms with Crippen LogP contribution in [0.25, 0.3) is 0 Å². The van der Waals surface area contributed by atoms with Gasteiger partial charge in [0.05, 0.1) is 17.6 Å². The van der Waals surface area contributed by atoms with Crippen LogP contribution in [0.15, 0.2) is 30.4 Å². The number of hydrogen-bond donors (Lipinski definition) is 1. The molecule has 0 radical (unpaired) electrons. The molecular formula is C13H17NO4. The number of benzene rings is 1. The second kappa shape index (κ2) is 6.16. The van der Waals surface area contributed by atoms with E-state index in [9.17, 15) is 15.2 Å². The highest BCUT2D eigenvalue weighted by Crippen LogP contribution is 2.29. The molecule has 98 valence electrons. The van der Waals surface area contributed by atoms with Crippen molar-refractivity contribution < 1.29 is 14.8 Å². The fraction of sp³-hybridized carbons (Fsp3) is 0.385. The van der Waals surface area contributed by atoms with Crippen LogP contribution in [0, 0.1) is 10.1 Å². The van der Waals surface area contributed by atoms with Gasteiger partial charge in [-0.2, -0.15) is 0 Å². The topological polar surface area (TPSA) is 72.6 Å². The van der Waals surface area contributed by atoms with Gasteiger partial charge in [-0.05, 0) is 19.9 Å². The van der Waals surface area contributed by atoms with Gasteiger partial charge in [0.25, 0.3) is 5.69 Å². The third-order valence-electron chi connectivity index (χ3n) is 2.44. The maximum atomic E-state index is 10.7. The van der Waals surface area contributed by atoms with Gasteiger partial charge in [0, 0.05) is 24.1 Å². The van der Waals surface area contributed by atoms with E-state index in [0.29, 0.717) is 24.3 Å². The first-order valence-corrected chi connectivity index (χ1v) is 5.65. The molecule has 1 aromatic rings. The minimum Gasteiger partial charge on any atom is -0.493 e. The second-order valence-corrected chi connectivity index (χ2v) is 4.21. The molecule has 0 aliphatic heterocycles. The number of rotatable bonds is 6. The van der Waals surface area contributed by atoms with Crippen molar-refractivity contribution in [3.63, 3.8) is 0 Å². The van der Waals surface area contributed by atoms with E-state index >= 15 is 0 Å². The summed E-state index contributed by atoms with van der Waals surface area (Å²) in [5, 5.41) is 20.3. The molecule has 0 unspecified atom stereocenters. The van der Waals surface area contributed by atoms with E-state index in [1.165, 1.54) is 18.2 Å². The molecule has 5 heteroatoms. The molecule has 0 saturated heterocycles. The Kier molecular flexibility index (Phi) is 4.85.